The van der Waals surface area contributed by atoms with Crippen molar-refractivity contribution in [3.63, 3.8) is 0 Å². The van der Waals surface area contributed by atoms with Gasteiger partial charge in [-0.2, -0.15) is 0 Å². The van der Waals surface area contributed by atoms with Crippen LogP contribution in [0.4, 0.5) is 0 Å². The van der Waals surface area contributed by atoms with Crippen molar-refractivity contribution in [2.24, 2.45) is 10.9 Å². The van der Waals surface area contributed by atoms with Crippen LogP contribution in [0.25, 0.3) is 0 Å². The zero-order valence-corrected chi connectivity index (χ0v) is 15.1. The number of phenolic OH excluding ortho intramolecular Hbond substituents is 1. The second-order valence-electron chi connectivity index (χ2n) is 7.69. The summed E-state index contributed by atoms with van der Waals surface area (Å²) in [4.78, 5) is 4.74. The van der Waals surface area contributed by atoms with Crippen LogP contribution in [0.2, 0.25) is 19.6 Å². The third kappa shape index (κ3) is 4.19. The van der Waals surface area contributed by atoms with Crippen molar-refractivity contribution in [2.45, 2.75) is 65.2 Å². The first-order chi connectivity index (χ1) is 9.77. The van der Waals surface area contributed by atoms with Gasteiger partial charge in [0.1, 0.15) is 5.75 Å². The van der Waals surface area contributed by atoms with E-state index >= 15 is 0 Å². The van der Waals surface area contributed by atoms with Gasteiger partial charge in [0.15, 0.2) is 0 Å². The predicted octanol–water partition coefficient (Wildman–Crippen LogP) is 4.24. The van der Waals surface area contributed by atoms with Crippen LogP contribution in [0.3, 0.4) is 0 Å². The lowest BCUT2D eigenvalue weighted by Crippen LogP contribution is -2.38. The fraction of sp³-hybridized carbons (Fsp3) is 0.611. The van der Waals surface area contributed by atoms with Gasteiger partial charge in [-0.15, -0.1) is 0 Å². The Bertz CT molecular complexity index is 523. The van der Waals surface area contributed by atoms with E-state index in [2.05, 4.69) is 39.6 Å². The Morgan fingerprint density at radius 3 is 2.33 bits per heavy atom. The molecule has 0 unspecified atom stereocenters. The Balaban J connectivity index is 2.22. The summed E-state index contributed by atoms with van der Waals surface area (Å²) in [6.07, 6.45) is 6.84. The Morgan fingerprint density at radius 1 is 1.14 bits per heavy atom. The van der Waals surface area contributed by atoms with E-state index in [4.69, 9.17) is 4.99 Å². The van der Waals surface area contributed by atoms with E-state index in [-0.39, 0.29) is 0 Å². The molecular weight excluding hydrogens is 274 g/mol. The lowest BCUT2D eigenvalue weighted by molar-refractivity contribution is 0.350. The van der Waals surface area contributed by atoms with E-state index in [0.717, 1.165) is 16.7 Å². The predicted molar refractivity (Wildman–Crippen MR) is 94.8 cm³/mol. The number of aliphatic imine (C=N–C) groups is 1. The van der Waals surface area contributed by atoms with E-state index in [0.29, 0.717) is 11.8 Å². The molecule has 3 heteroatoms. The van der Waals surface area contributed by atoms with Crippen molar-refractivity contribution in [3.05, 3.63) is 23.3 Å². The molecule has 2 nitrogen and oxygen atoms in total. The summed E-state index contributed by atoms with van der Waals surface area (Å²) in [5.74, 6) is 1.30. The fourth-order valence-corrected chi connectivity index (χ4v) is 4.57. The van der Waals surface area contributed by atoms with Crippen LogP contribution in [0.5, 0.6) is 5.75 Å². The summed E-state index contributed by atoms with van der Waals surface area (Å²) in [6, 6.07) is 4.63. The van der Waals surface area contributed by atoms with Gasteiger partial charge >= 0.3 is 0 Å². The molecule has 0 atom stereocenters. The summed E-state index contributed by atoms with van der Waals surface area (Å²) in [7, 11) is -1.53. The molecule has 1 aromatic rings. The number of aromatic hydroxyl groups is 1. The second-order valence-corrected chi connectivity index (χ2v) is 12.7. The van der Waals surface area contributed by atoms with Crippen LogP contribution < -0.4 is 5.19 Å². The normalized spacial score (nSPS) is 23.7. The average molecular weight is 304 g/mol. The zero-order valence-electron chi connectivity index (χ0n) is 14.1. The number of nitrogens with zero attached hydrogens (tertiary/aromatic N) is 1. The van der Waals surface area contributed by atoms with Crippen LogP contribution in [-0.2, 0) is 0 Å². The summed E-state index contributed by atoms with van der Waals surface area (Å²) in [6.45, 7) is 11.2. The number of aryl methyl sites for hydroxylation is 1. The van der Waals surface area contributed by atoms with E-state index in [1.54, 1.807) is 0 Å². The van der Waals surface area contributed by atoms with E-state index in [9.17, 15) is 5.11 Å². The second kappa shape index (κ2) is 6.35. The molecule has 21 heavy (non-hydrogen) atoms. The number of phenols is 1. The minimum Gasteiger partial charge on any atom is -0.507 e. The van der Waals surface area contributed by atoms with Gasteiger partial charge in [0, 0.05) is 17.8 Å². The highest BCUT2D eigenvalue weighted by molar-refractivity contribution is 6.89. The molecule has 1 aliphatic carbocycles. The van der Waals surface area contributed by atoms with Gasteiger partial charge in [-0.05, 0) is 49.8 Å². The third-order valence-electron chi connectivity index (χ3n) is 4.50. The SMILES string of the molecule is Cc1cc(C=NC2CCC(C)CC2)c(O)c([Si](C)(C)C)c1. The minimum atomic E-state index is -1.53. The van der Waals surface area contributed by atoms with Crippen LogP contribution >= 0.6 is 0 Å². The first-order valence-electron chi connectivity index (χ1n) is 8.14. The maximum atomic E-state index is 10.6. The summed E-state index contributed by atoms with van der Waals surface area (Å²) >= 11 is 0. The zero-order chi connectivity index (χ0) is 15.6. The highest BCUT2D eigenvalue weighted by atomic mass is 28.3. The van der Waals surface area contributed by atoms with Gasteiger partial charge in [-0.1, -0.05) is 38.2 Å². The van der Waals surface area contributed by atoms with Gasteiger partial charge in [-0.3, -0.25) is 4.99 Å². The van der Waals surface area contributed by atoms with Crippen molar-refractivity contribution >= 4 is 19.5 Å². The van der Waals surface area contributed by atoms with Crippen LogP contribution in [0, 0.1) is 12.8 Å². The number of rotatable bonds is 3. The Hall–Kier alpha value is -1.09. The van der Waals surface area contributed by atoms with Gasteiger partial charge in [0.05, 0.1) is 8.07 Å². The Morgan fingerprint density at radius 2 is 1.76 bits per heavy atom. The maximum Gasteiger partial charge on any atom is 0.123 e. The Kier molecular flexibility index (Phi) is 4.92. The first kappa shape index (κ1) is 16.3. The molecule has 0 aromatic heterocycles. The smallest absolute Gasteiger partial charge is 0.123 e. The van der Waals surface area contributed by atoms with E-state index in [1.807, 2.05) is 12.3 Å². The number of hydrogen-bond acceptors (Lipinski definition) is 2. The fourth-order valence-electron chi connectivity index (χ4n) is 3.05. The standard InChI is InChI=1S/C18H29NOSi/c1-13-6-8-16(9-7-13)19-12-15-10-14(2)11-17(18(15)20)21(3,4)5/h10-13,16,20H,6-9H2,1-5H3. The van der Waals surface area contributed by atoms with Crippen LogP contribution in [0.1, 0.15) is 43.7 Å². The molecule has 1 N–H and O–H groups in total. The molecule has 0 saturated heterocycles. The van der Waals surface area contributed by atoms with Gasteiger partial charge in [0.2, 0.25) is 0 Å². The maximum absolute atomic E-state index is 10.6. The van der Waals surface area contributed by atoms with Crippen LogP contribution in [0.15, 0.2) is 17.1 Å². The molecule has 0 heterocycles. The lowest BCUT2D eigenvalue weighted by Gasteiger charge is -2.23. The molecule has 1 aromatic carbocycles. The highest BCUT2D eigenvalue weighted by Gasteiger charge is 2.22. The van der Waals surface area contributed by atoms with Crippen LogP contribution in [-0.4, -0.2) is 25.4 Å². The molecule has 2 rings (SSSR count). The van der Waals surface area contributed by atoms with Crippen molar-refractivity contribution in [1.82, 2.24) is 0 Å². The van der Waals surface area contributed by atoms with Gasteiger partial charge in [-0.25, -0.2) is 0 Å². The molecule has 0 aliphatic heterocycles. The first-order valence-corrected chi connectivity index (χ1v) is 11.6. The molecule has 1 fully saturated rings. The third-order valence-corrected chi connectivity index (χ3v) is 6.50. The van der Waals surface area contributed by atoms with Crippen molar-refractivity contribution in [1.29, 1.82) is 0 Å². The largest absolute Gasteiger partial charge is 0.507 e. The molecule has 0 spiro atoms. The van der Waals surface area contributed by atoms with Gasteiger partial charge in [0.25, 0.3) is 0 Å². The van der Waals surface area contributed by atoms with Gasteiger partial charge < -0.3 is 5.11 Å². The topological polar surface area (TPSA) is 32.6 Å². The molecule has 0 bridgehead atoms. The quantitative estimate of drug-likeness (QED) is 0.657. The van der Waals surface area contributed by atoms with E-state index < -0.39 is 8.07 Å². The minimum absolute atomic E-state index is 0.441. The number of hydrogen-bond donors (Lipinski definition) is 1. The van der Waals surface area contributed by atoms with E-state index in [1.165, 1.54) is 31.2 Å². The summed E-state index contributed by atoms with van der Waals surface area (Å²) in [5, 5.41) is 11.7. The molecular formula is C18H29NOSi. The van der Waals surface area contributed by atoms with Crippen molar-refractivity contribution in [2.75, 3.05) is 0 Å². The number of benzene rings is 1. The summed E-state index contributed by atoms with van der Waals surface area (Å²) in [5.41, 5.74) is 2.11. The average Bonchev–Trinajstić information content (AvgIpc) is 2.40. The van der Waals surface area contributed by atoms with Crippen molar-refractivity contribution in [3.8, 4) is 5.75 Å². The monoisotopic (exact) mass is 303 g/mol. The highest BCUT2D eigenvalue weighted by Crippen LogP contribution is 2.26. The summed E-state index contributed by atoms with van der Waals surface area (Å²) < 4.78 is 0. The molecule has 0 amide bonds. The molecule has 116 valence electrons. The van der Waals surface area contributed by atoms with Crippen molar-refractivity contribution < 1.29 is 5.11 Å². The lowest BCUT2D eigenvalue weighted by atomic mass is 9.88. The molecule has 1 aliphatic rings. The molecule has 1 saturated carbocycles. The molecule has 0 radical (unpaired) electrons. The Labute approximate surface area is 130 Å².